The normalized spacial score (nSPS) is 15.0. The first-order valence-electron chi connectivity index (χ1n) is 9.23. The highest BCUT2D eigenvalue weighted by atomic mass is 35.5. The van der Waals surface area contributed by atoms with Gasteiger partial charge in [-0.2, -0.15) is 5.10 Å². The number of benzene rings is 3. The molecule has 5 rings (SSSR count). The van der Waals surface area contributed by atoms with E-state index in [-0.39, 0.29) is 5.37 Å². The van der Waals surface area contributed by atoms with Crippen molar-refractivity contribution >= 4 is 29.1 Å². The van der Waals surface area contributed by atoms with Crippen molar-refractivity contribution in [3.63, 3.8) is 0 Å². The average Bonchev–Trinajstić information content (AvgIpc) is 3.39. The number of aromatic nitrogens is 2. The lowest BCUT2D eigenvalue weighted by Gasteiger charge is -2.11. The lowest BCUT2D eigenvalue weighted by Crippen LogP contribution is -2.01. The van der Waals surface area contributed by atoms with Gasteiger partial charge in [-0.1, -0.05) is 35.5 Å². The van der Waals surface area contributed by atoms with Gasteiger partial charge in [0.1, 0.15) is 11.1 Å². The van der Waals surface area contributed by atoms with E-state index >= 15 is 0 Å². The number of nitrogens with one attached hydrogen (secondary N) is 1. The quantitative estimate of drug-likeness (QED) is 0.414. The number of hydrogen-bond donors (Lipinski definition) is 1. The Bertz CT molecular complexity index is 1130. The van der Waals surface area contributed by atoms with Crippen LogP contribution in [0.2, 0.25) is 5.02 Å². The van der Waals surface area contributed by atoms with E-state index in [0.29, 0.717) is 5.02 Å². The van der Waals surface area contributed by atoms with Gasteiger partial charge in [0.05, 0.1) is 18.5 Å². The summed E-state index contributed by atoms with van der Waals surface area (Å²) < 4.78 is 7.22. The maximum Gasteiger partial charge on any atom is 0.118 e. The van der Waals surface area contributed by atoms with E-state index in [4.69, 9.17) is 21.4 Å². The Labute approximate surface area is 178 Å². The molecule has 0 aliphatic carbocycles. The molecule has 1 N–H and O–H groups in total. The molecule has 0 amide bonds. The molecule has 4 aromatic rings. The summed E-state index contributed by atoms with van der Waals surface area (Å²) in [6.07, 6.45) is 2.10. The van der Waals surface area contributed by atoms with Crippen molar-refractivity contribution in [1.82, 2.24) is 9.78 Å². The number of anilines is 1. The molecule has 3 aromatic carbocycles. The minimum Gasteiger partial charge on any atom is -0.497 e. The Morgan fingerprint density at radius 2 is 1.76 bits per heavy atom. The number of nitrogens with zero attached hydrogens (tertiary/aromatic N) is 2. The molecular formula is C23H18ClN3OS. The summed E-state index contributed by atoms with van der Waals surface area (Å²) >= 11 is 7.87. The molecule has 1 aliphatic rings. The molecule has 1 unspecified atom stereocenters. The summed E-state index contributed by atoms with van der Waals surface area (Å²) in [5, 5.41) is 9.34. The maximum absolute atomic E-state index is 6.06. The van der Waals surface area contributed by atoms with Gasteiger partial charge in [-0.25, -0.2) is 4.68 Å². The van der Waals surface area contributed by atoms with Crippen molar-refractivity contribution in [2.24, 2.45) is 0 Å². The van der Waals surface area contributed by atoms with Crippen molar-refractivity contribution in [3.05, 3.63) is 89.6 Å². The first kappa shape index (κ1) is 18.2. The van der Waals surface area contributed by atoms with Crippen molar-refractivity contribution in [2.75, 3.05) is 12.4 Å². The standard InChI is InChI=1S/C23H18ClN3OS/c1-28-18-12-6-15(7-13-18)22-19(23-25-20-4-2-3-5-21(20)29-23)14-27(26-22)17-10-8-16(24)9-11-17/h2-14,23,25H,1H3. The molecule has 4 nitrogen and oxygen atoms in total. The number of fused-ring (bicyclic) bond motifs is 1. The minimum atomic E-state index is 0.0885. The van der Waals surface area contributed by atoms with E-state index in [2.05, 4.69) is 35.8 Å². The van der Waals surface area contributed by atoms with Gasteiger partial charge in [0.2, 0.25) is 0 Å². The van der Waals surface area contributed by atoms with Gasteiger partial charge in [-0.3, -0.25) is 0 Å². The van der Waals surface area contributed by atoms with E-state index < -0.39 is 0 Å². The van der Waals surface area contributed by atoms with E-state index in [1.807, 2.05) is 53.2 Å². The fourth-order valence-electron chi connectivity index (χ4n) is 3.41. The van der Waals surface area contributed by atoms with E-state index in [0.717, 1.165) is 33.9 Å². The van der Waals surface area contributed by atoms with Crippen LogP contribution in [0.15, 0.2) is 83.9 Å². The van der Waals surface area contributed by atoms with Crippen molar-refractivity contribution in [1.29, 1.82) is 0 Å². The van der Waals surface area contributed by atoms with Gasteiger partial charge >= 0.3 is 0 Å². The van der Waals surface area contributed by atoms with Gasteiger partial charge in [0, 0.05) is 32.9 Å². The fourth-order valence-corrected chi connectivity index (χ4v) is 4.68. The molecule has 1 aliphatic heterocycles. The number of para-hydroxylation sites is 1. The highest BCUT2D eigenvalue weighted by molar-refractivity contribution is 8.00. The number of rotatable bonds is 4. The van der Waals surface area contributed by atoms with Gasteiger partial charge < -0.3 is 10.1 Å². The van der Waals surface area contributed by atoms with Crippen LogP contribution in [-0.4, -0.2) is 16.9 Å². The molecule has 0 fully saturated rings. The first-order chi connectivity index (χ1) is 14.2. The lowest BCUT2D eigenvalue weighted by atomic mass is 10.1. The molecule has 144 valence electrons. The van der Waals surface area contributed by atoms with Gasteiger partial charge in [-0.15, -0.1) is 0 Å². The smallest absolute Gasteiger partial charge is 0.118 e. The predicted molar refractivity (Wildman–Crippen MR) is 119 cm³/mol. The molecule has 2 heterocycles. The zero-order valence-corrected chi connectivity index (χ0v) is 17.2. The summed E-state index contributed by atoms with van der Waals surface area (Å²) in [4.78, 5) is 1.25. The van der Waals surface area contributed by atoms with Crippen LogP contribution in [0.5, 0.6) is 5.75 Å². The Hall–Kier alpha value is -2.89. The lowest BCUT2D eigenvalue weighted by molar-refractivity contribution is 0.415. The number of hydrogen-bond acceptors (Lipinski definition) is 4. The largest absolute Gasteiger partial charge is 0.497 e. The van der Waals surface area contributed by atoms with E-state index in [1.165, 1.54) is 4.90 Å². The Morgan fingerprint density at radius 1 is 1.00 bits per heavy atom. The van der Waals surface area contributed by atoms with Gasteiger partial charge in [0.15, 0.2) is 0 Å². The monoisotopic (exact) mass is 419 g/mol. The summed E-state index contributed by atoms with van der Waals surface area (Å²) in [5.41, 5.74) is 5.25. The average molecular weight is 420 g/mol. The molecule has 29 heavy (non-hydrogen) atoms. The summed E-state index contributed by atoms with van der Waals surface area (Å²) in [7, 11) is 1.67. The summed E-state index contributed by atoms with van der Waals surface area (Å²) in [6.45, 7) is 0. The van der Waals surface area contributed by atoms with Crippen LogP contribution >= 0.6 is 23.4 Å². The molecule has 0 radical (unpaired) electrons. The van der Waals surface area contributed by atoms with Crippen molar-refractivity contribution in [3.8, 4) is 22.7 Å². The fraction of sp³-hybridized carbons (Fsp3) is 0.0870. The zero-order chi connectivity index (χ0) is 19.8. The Kier molecular flexibility index (Phi) is 4.70. The van der Waals surface area contributed by atoms with Crippen LogP contribution in [0.25, 0.3) is 16.9 Å². The first-order valence-corrected chi connectivity index (χ1v) is 10.5. The Balaban J connectivity index is 1.59. The highest BCUT2D eigenvalue weighted by Crippen LogP contribution is 2.48. The molecular weight excluding hydrogens is 402 g/mol. The van der Waals surface area contributed by atoms with Crippen molar-refractivity contribution in [2.45, 2.75) is 10.3 Å². The van der Waals surface area contributed by atoms with E-state index in [1.54, 1.807) is 18.9 Å². The number of thioether (sulfide) groups is 1. The highest BCUT2D eigenvalue weighted by Gasteiger charge is 2.27. The van der Waals surface area contributed by atoms with Gasteiger partial charge in [-0.05, 0) is 60.7 Å². The summed E-state index contributed by atoms with van der Waals surface area (Å²) in [6, 6.07) is 24.1. The third kappa shape index (κ3) is 3.48. The third-order valence-corrected chi connectivity index (χ3v) is 6.37. The second kappa shape index (κ2) is 7.50. The topological polar surface area (TPSA) is 39.1 Å². The molecule has 1 aromatic heterocycles. The molecule has 1 atom stereocenters. The second-order valence-corrected chi connectivity index (χ2v) is 8.30. The number of methoxy groups -OCH3 is 1. The maximum atomic E-state index is 6.06. The van der Waals surface area contributed by atoms with Crippen LogP contribution in [0.4, 0.5) is 5.69 Å². The van der Waals surface area contributed by atoms with Crippen LogP contribution in [0, 0.1) is 0 Å². The minimum absolute atomic E-state index is 0.0885. The molecule has 0 spiro atoms. The van der Waals surface area contributed by atoms with Crippen LogP contribution in [0.3, 0.4) is 0 Å². The number of ether oxygens (including phenoxy) is 1. The third-order valence-electron chi connectivity index (χ3n) is 4.90. The van der Waals surface area contributed by atoms with Crippen molar-refractivity contribution < 1.29 is 4.74 Å². The molecule has 0 saturated heterocycles. The van der Waals surface area contributed by atoms with Crippen LogP contribution in [0.1, 0.15) is 10.9 Å². The van der Waals surface area contributed by atoms with Crippen LogP contribution in [-0.2, 0) is 0 Å². The van der Waals surface area contributed by atoms with Gasteiger partial charge in [0.25, 0.3) is 0 Å². The van der Waals surface area contributed by atoms with E-state index in [9.17, 15) is 0 Å². The predicted octanol–water partition coefficient (Wildman–Crippen LogP) is 6.42. The molecule has 6 heteroatoms. The molecule has 0 bridgehead atoms. The molecule has 0 saturated carbocycles. The number of halogens is 1. The Morgan fingerprint density at radius 3 is 2.48 bits per heavy atom. The summed E-state index contributed by atoms with van der Waals surface area (Å²) in [5.74, 6) is 0.827. The SMILES string of the molecule is COc1ccc(-c2nn(-c3ccc(Cl)cc3)cc2C2Nc3ccccc3S2)cc1. The second-order valence-electron chi connectivity index (χ2n) is 6.72. The zero-order valence-electron chi connectivity index (χ0n) is 15.7. The van der Waals surface area contributed by atoms with Crippen LogP contribution < -0.4 is 10.1 Å².